The summed E-state index contributed by atoms with van der Waals surface area (Å²) in [7, 11) is 1.52. The van der Waals surface area contributed by atoms with Crippen LogP contribution in [0.5, 0.6) is 11.8 Å². The quantitative estimate of drug-likeness (QED) is 0.393. The van der Waals surface area contributed by atoms with Gasteiger partial charge in [-0.2, -0.15) is 9.97 Å². The van der Waals surface area contributed by atoms with Gasteiger partial charge in [-0.15, -0.1) is 0 Å². The monoisotopic (exact) mass is 535 g/mol. The van der Waals surface area contributed by atoms with Gasteiger partial charge in [0.15, 0.2) is 11.6 Å². The van der Waals surface area contributed by atoms with Crippen LogP contribution in [0.15, 0.2) is 30.3 Å². The Morgan fingerprint density at radius 1 is 0.974 bits per heavy atom. The number of nitrogens with zero attached hydrogens (tertiary/aromatic N) is 5. The first-order valence-corrected chi connectivity index (χ1v) is 14.3. The van der Waals surface area contributed by atoms with Gasteiger partial charge >= 0.3 is 6.01 Å². The normalized spacial score (nSPS) is 18.3. The molecule has 0 amide bonds. The van der Waals surface area contributed by atoms with Crippen molar-refractivity contribution in [1.29, 1.82) is 0 Å². The van der Waals surface area contributed by atoms with Crippen LogP contribution >= 0.6 is 0 Å². The van der Waals surface area contributed by atoms with Crippen molar-refractivity contribution in [2.24, 2.45) is 0 Å². The number of hydrogen-bond acceptors (Lipinski definition) is 8. The maximum Gasteiger partial charge on any atom is 0.318 e. The van der Waals surface area contributed by atoms with Gasteiger partial charge in [-0.25, -0.2) is 4.39 Å². The van der Waals surface area contributed by atoms with E-state index in [1.807, 2.05) is 24.3 Å². The average molecular weight is 536 g/mol. The molecule has 0 spiro atoms. The van der Waals surface area contributed by atoms with E-state index in [0.717, 1.165) is 81.1 Å². The number of ether oxygens (including phenoxy) is 3. The van der Waals surface area contributed by atoms with E-state index in [4.69, 9.17) is 24.2 Å². The molecule has 2 saturated heterocycles. The topological polar surface area (TPSA) is 63.2 Å². The van der Waals surface area contributed by atoms with Crippen molar-refractivity contribution in [3.8, 4) is 11.8 Å². The second kappa shape index (κ2) is 11.9. The number of anilines is 2. The first kappa shape index (κ1) is 26.1. The molecule has 0 saturated carbocycles. The van der Waals surface area contributed by atoms with Gasteiger partial charge in [-0.1, -0.05) is 24.3 Å². The van der Waals surface area contributed by atoms with Gasteiger partial charge in [-0.05, 0) is 43.6 Å². The number of rotatable bonds is 8. The summed E-state index contributed by atoms with van der Waals surface area (Å²) >= 11 is 0. The molecular weight excluding hydrogens is 497 g/mol. The third kappa shape index (κ3) is 5.61. The maximum atomic E-state index is 15.7. The molecular formula is C30H38FN5O3. The first-order valence-electron chi connectivity index (χ1n) is 14.3. The number of benzene rings is 2. The van der Waals surface area contributed by atoms with Gasteiger partial charge < -0.3 is 24.0 Å². The van der Waals surface area contributed by atoms with E-state index in [2.05, 4.69) is 14.7 Å². The summed E-state index contributed by atoms with van der Waals surface area (Å²) in [6, 6.07) is 10.1. The Morgan fingerprint density at radius 2 is 1.79 bits per heavy atom. The van der Waals surface area contributed by atoms with Crippen LogP contribution in [-0.4, -0.2) is 81.1 Å². The van der Waals surface area contributed by atoms with Gasteiger partial charge in [-0.3, -0.25) is 4.90 Å². The lowest BCUT2D eigenvalue weighted by Gasteiger charge is -2.35. The molecule has 2 fully saturated rings. The molecule has 0 radical (unpaired) electrons. The minimum atomic E-state index is -0.329. The lowest BCUT2D eigenvalue weighted by Crippen LogP contribution is -2.37. The smallest absolute Gasteiger partial charge is 0.318 e. The Kier molecular flexibility index (Phi) is 7.97. The maximum absolute atomic E-state index is 15.7. The summed E-state index contributed by atoms with van der Waals surface area (Å²) in [5.41, 5.74) is 2.66. The van der Waals surface area contributed by atoms with Crippen molar-refractivity contribution in [2.45, 2.75) is 38.6 Å². The van der Waals surface area contributed by atoms with E-state index in [9.17, 15) is 0 Å². The van der Waals surface area contributed by atoms with E-state index in [1.165, 1.54) is 31.9 Å². The number of fused-ring (bicyclic) bond motifs is 2. The fourth-order valence-corrected chi connectivity index (χ4v) is 6.02. The molecule has 8 nitrogen and oxygen atoms in total. The second-order valence-corrected chi connectivity index (χ2v) is 10.6. The second-order valence-electron chi connectivity index (χ2n) is 10.6. The molecule has 9 heteroatoms. The van der Waals surface area contributed by atoms with E-state index in [1.54, 1.807) is 6.07 Å². The van der Waals surface area contributed by atoms with Crippen molar-refractivity contribution in [1.82, 2.24) is 14.9 Å². The minimum absolute atomic E-state index is 0.260. The number of aromatic nitrogens is 2. The summed E-state index contributed by atoms with van der Waals surface area (Å²) in [4.78, 5) is 16.7. The molecule has 39 heavy (non-hydrogen) atoms. The van der Waals surface area contributed by atoms with Crippen LogP contribution < -0.4 is 19.3 Å². The van der Waals surface area contributed by atoms with Crippen LogP contribution in [0.1, 0.15) is 36.9 Å². The Labute approximate surface area is 229 Å². The lowest BCUT2D eigenvalue weighted by atomic mass is 10.0. The summed E-state index contributed by atoms with van der Waals surface area (Å²) in [6.45, 7) is 8.26. The van der Waals surface area contributed by atoms with E-state index < -0.39 is 0 Å². The molecule has 3 aliphatic heterocycles. The van der Waals surface area contributed by atoms with Gasteiger partial charge in [0.25, 0.3) is 0 Å². The summed E-state index contributed by atoms with van der Waals surface area (Å²) in [5, 5.41) is 1.83. The van der Waals surface area contributed by atoms with Crippen molar-refractivity contribution in [2.75, 3.05) is 76.0 Å². The van der Waals surface area contributed by atoms with Crippen LogP contribution in [0.3, 0.4) is 0 Å². The van der Waals surface area contributed by atoms with Crippen LogP contribution in [0.25, 0.3) is 10.8 Å². The third-order valence-electron chi connectivity index (χ3n) is 8.09. The van der Waals surface area contributed by atoms with E-state index in [-0.39, 0.29) is 11.6 Å². The fraction of sp³-hybridized carbons (Fsp3) is 0.533. The number of piperidine rings is 1. The molecule has 4 heterocycles. The minimum Gasteiger partial charge on any atom is -0.494 e. The lowest BCUT2D eigenvalue weighted by molar-refractivity contribution is 0.0356. The highest BCUT2D eigenvalue weighted by Gasteiger charge is 2.29. The summed E-state index contributed by atoms with van der Waals surface area (Å²) < 4.78 is 32.7. The molecule has 0 atom stereocenters. The van der Waals surface area contributed by atoms with Crippen LogP contribution in [0.4, 0.5) is 15.9 Å². The van der Waals surface area contributed by atoms with Crippen molar-refractivity contribution in [3.63, 3.8) is 0 Å². The van der Waals surface area contributed by atoms with Crippen LogP contribution in [0, 0.1) is 5.82 Å². The first-order chi connectivity index (χ1) is 19.2. The molecule has 0 N–H and O–H groups in total. The van der Waals surface area contributed by atoms with Gasteiger partial charge in [0, 0.05) is 50.2 Å². The Balaban J connectivity index is 1.27. The SMILES string of the molecule is COc1cc2ccccc2c(N2CCc3c(nc(OCCCN4CCOCC4)nc3N3CCCCC3)C2)c1F. The van der Waals surface area contributed by atoms with E-state index >= 15 is 4.39 Å². The molecule has 208 valence electrons. The Morgan fingerprint density at radius 3 is 2.62 bits per heavy atom. The predicted molar refractivity (Wildman–Crippen MR) is 151 cm³/mol. The van der Waals surface area contributed by atoms with Crippen molar-refractivity contribution < 1.29 is 18.6 Å². The molecule has 6 rings (SSSR count). The molecule has 0 aliphatic carbocycles. The molecule has 0 unspecified atom stereocenters. The largest absolute Gasteiger partial charge is 0.494 e. The van der Waals surface area contributed by atoms with E-state index in [0.29, 0.717) is 31.4 Å². The highest BCUT2D eigenvalue weighted by atomic mass is 19.1. The zero-order valence-electron chi connectivity index (χ0n) is 22.8. The molecule has 3 aromatic rings. The summed E-state index contributed by atoms with van der Waals surface area (Å²) in [6.07, 6.45) is 5.25. The molecule has 0 bridgehead atoms. The van der Waals surface area contributed by atoms with Crippen molar-refractivity contribution >= 4 is 22.3 Å². The fourth-order valence-electron chi connectivity index (χ4n) is 6.02. The van der Waals surface area contributed by atoms with Crippen LogP contribution in [0.2, 0.25) is 0 Å². The molecule has 3 aliphatic rings. The predicted octanol–water partition coefficient (Wildman–Crippen LogP) is 4.43. The standard InChI is InChI=1S/C30H38FN5O3/c1-37-26-20-22-8-3-4-9-23(22)28(27(26)31)36-14-10-24-25(21-36)32-30(33-29(24)35-12-5-2-6-13-35)39-17-7-11-34-15-18-38-19-16-34/h3-4,8-9,20H,2,5-7,10-19,21H2,1H3. The zero-order valence-corrected chi connectivity index (χ0v) is 22.8. The molecule has 1 aromatic heterocycles. The molecule has 2 aromatic carbocycles. The number of hydrogen-bond donors (Lipinski definition) is 0. The Hall–Kier alpha value is -3.17. The van der Waals surface area contributed by atoms with Crippen LogP contribution in [-0.2, 0) is 17.7 Å². The number of morpholine rings is 1. The third-order valence-corrected chi connectivity index (χ3v) is 8.09. The van der Waals surface area contributed by atoms with Crippen molar-refractivity contribution in [3.05, 3.63) is 47.4 Å². The summed E-state index contributed by atoms with van der Waals surface area (Å²) in [5.74, 6) is 0.929. The highest BCUT2D eigenvalue weighted by Crippen LogP contribution is 2.39. The van der Waals surface area contributed by atoms with Gasteiger partial charge in [0.05, 0.1) is 44.9 Å². The number of halogens is 1. The van der Waals surface area contributed by atoms with Gasteiger partial charge in [0.1, 0.15) is 5.82 Å². The Bertz CT molecular complexity index is 1290. The highest BCUT2D eigenvalue weighted by molar-refractivity contribution is 5.96. The zero-order chi connectivity index (χ0) is 26.6. The number of methoxy groups -OCH3 is 1. The average Bonchev–Trinajstić information content (AvgIpc) is 2.99. The van der Waals surface area contributed by atoms with Gasteiger partial charge in [0.2, 0.25) is 0 Å².